The molecule has 5 nitrogen and oxygen atoms in total. The standard InChI is InChI=1S/C21H24N2O3/c1-22-10-12-23(13-11-22)20(24)18-4-2-16(3-5-18)17-6-8-19(9-7-17)21(25)14-26-15-21/h2-9,25H,10-15H2,1H3. The molecule has 2 heterocycles. The first kappa shape index (κ1) is 17.2. The van der Waals surface area contributed by atoms with Crippen molar-refractivity contribution in [2.75, 3.05) is 46.4 Å². The molecule has 2 aliphatic rings. The Morgan fingerprint density at radius 1 is 0.923 bits per heavy atom. The number of nitrogens with zero attached hydrogens (tertiary/aromatic N) is 2. The van der Waals surface area contributed by atoms with Crippen LogP contribution in [0.15, 0.2) is 48.5 Å². The van der Waals surface area contributed by atoms with Gasteiger partial charge in [0.1, 0.15) is 5.60 Å². The Bertz CT molecular complexity index is 774. The normalized spacial score (nSPS) is 19.8. The minimum atomic E-state index is -0.836. The molecule has 4 rings (SSSR count). The van der Waals surface area contributed by atoms with Gasteiger partial charge in [0.25, 0.3) is 5.91 Å². The first-order valence-corrected chi connectivity index (χ1v) is 9.04. The molecule has 1 amide bonds. The van der Waals surface area contributed by atoms with Crippen LogP contribution in [0.3, 0.4) is 0 Å². The van der Waals surface area contributed by atoms with E-state index in [4.69, 9.17) is 4.74 Å². The largest absolute Gasteiger partial charge is 0.380 e. The van der Waals surface area contributed by atoms with Crippen LogP contribution in [0.25, 0.3) is 11.1 Å². The molecule has 0 saturated carbocycles. The van der Waals surface area contributed by atoms with Gasteiger partial charge in [-0.2, -0.15) is 0 Å². The number of hydrogen-bond donors (Lipinski definition) is 1. The Morgan fingerprint density at radius 2 is 1.46 bits per heavy atom. The number of carbonyl (C=O) groups excluding carboxylic acids is 1. The van der Waals surface area contributed by atoms with Gasteiger partial charge in [-0.25, -0.2) is 0 Å². The fourth-order valence-corrected chi connectivity index (χ4v) is 3.43. The molecule has 1 N–H and O–H groups in total. The van der Waals surface area contributed by atoms with Crippen LogP contribution in [0.2, 0.25) is 0 Å². The number of rotatable bonds is 3. The summed E-state index contributed by atoms with van der Waals surface area (Å²) in [6.07, 6.45) is 0. The maximum atomic E-state index is 12.6. The van der Waals surface area contributed by atoms with Crippen molar-refractivity contribution in [1.29, 1.82) is 0 Å². The predicted octanol–water partition coefficient (Wildman–Crippen LogP) is 1.96. The van der Waals surface area contributed by atoms with Crippen molar-refractivity contribution in [1.82, 2.24) is 9.80 Å². The SMILES string of the molecule is CN1CCN(C(=O)c2ccc(-c3ccc(C4(O)COC4)cc3)cc2)CC1. The van der Waals surface area contributed by atoms with Gasteiger partial charge >= 0.3 is 0 Å². The smallest absolute Gasteiger partial charge is 0.253 e. The third kappa shape index (κ3) is 3.26. The molecule has 0 spiro atoms. The second-order valence-electron chi connectivity index (χ2n) is 7.27. The summed E-state index contributed by atoms with van der Waals surface area (Å²) in [4.78, 5) is 16.8. The number of amides is 1. The minimum absolute atomic E-state index is 0.104. The van der Waals surface area contributed by atoms with Crippen LogP contribution >= 0.6 is 0 Å². The maximum absolute atomic E-state index is 12.6. The van der Waals surface area contributed by atoms with E-state index in [-0.39, 0.29) is 5.91 Å². The Hall–Kier alpha value is -2.21. The van der Waals surface area contributed by atoms with Crippen LogP contribution in [0.5, 0.6) is 0 Å². The molecule has 0 bridgehead atoms. The number of hydrogen-bond acceptors (Lipinski definition) is 4. The Labute approximate surface area is 153 Å². The zero-order chi connectivity index (χ0) is 18.1. The summed E-state index contributed by atoms with van der Waals surface area (Å²) in [7, 11) is 2.08. The van der Waals surface area contributed by atoms with Crippen LogP contribution < -0.4 is 0 Å². The molecule has 0 atom stereocenters. The Kier molecular flexibility index (Phi) is 4.53. The molecule has 2 aromatic carbocycles. The topological polar surface area (TPSA) is 53.0 Å². The van der Waals surface area contributed by atoms with E-state index in [9.17, 15) is 9.90 Å². The van der Waals surface area contributed by atoms with E-state index in [0.29, 0.717) is 13.2 Å². The lowest BCUT2D eigenvalue weighted by molar-refractivity contribution is -0.184. The second kappa shape index (κ2) is 6.83. The highest BCUT2D eigenvalue weighted by Gasteiger charge is 2.37. The van der Waals surface area contributed by atoms with Crippen LogP contribution in [0.1, 0.15) is 15.9 Å². The molecular weight excluding hydrogens is 328 g/mol. The minimum Gasteiger partial charge on any atom is -0.380 e. The van der Waals surface area contributed by atoms with Gasteiger partial charge in [-0.15, -0.1) is 0 Å². The zero-order valence-corrected chi connectivity index (χ0v) is 15.0. The molecule has 0 unspecified atom stereocenters. The lowest BCUT2D eigenvalue weighted by Gasteiger charge is -2.36. The van der Waals surface area contributed by atoms with Crippen molar-refractivity contribution in [2.45, 2.75) is 5.60 Å². The van der Waals surface area contributed by atoms with Crippen LogP contribution in [-0.2, 0) is 10.3 Å². The first-order chi connectivity index (χ1) is 12.5. The second-order valence-corrected chi connectivity index (χ2v) is 7.27. The summed E-state index contributed by atoms with van der Waals surface area (Å²) in [6, 6.07) is 15.7. The molecule has 136 valence electrons. The average Bonchev–Trinajstić information content (AvgIpc) is 2.66. The van der Waals surface area contributed by atoms with Crippen molar-refractivity contribution in [3.05, 3.63) is 59.7 Å². The predicted molar refractivity (Wildman–Crippen MR) is 100.0 cm³/mol. The highest BCUT2D eigenvalue weighted by atomic mass is 16.5. The number of likely N-dealkylation sites (N-methyl/N-ethyl adjacent to an activating group) is 1. The summed E-state index contributed by atoms with van der Waals surface area (Å²) in [5, 5.41) is 10.3. The monoisotopic (exact) mass is 352 g/mol. The quantitative estimate of drug-likeness (QED) is 0.918. The van der Waals surface area contributed by atoms with Crippen molar-refractivity contribution < 1.29 is 14.6 Å². The number of ether oxygens (including phenoxy) is 1. The zero-order valence-electron chi connectivity index (χ0n) is 15.0. The van der Waals surface area contributed by atoms with Gasteiger partial charge in [0.15, 0.2) is 0 Å². The highest BCUT2D eigenvalue weighted by molar-refractivity contribution is 5.94. The summed E-state index contributed by atoms with van der Waals surface area (Å²) in [6.45, 7) is 4.13. The molecule has 2 fully saturated rings. The Morgan fingerprint density at radius 3 is 1.96 bits per heavy atom. The summed E-state index contributed by atoms with van der Waals surface area (Å²) in [5.41, 5.74) is 2.90. The summed E-state index contributed by atoms with van der Waals surface area (Å²) < 4.78 is 5.11. The molecule has 2 aliphatic heterocycles. The molecule has 26 heavy (non-hydrogen) atoms. The fourth-order valence-electron chi connectivity index (χ4n) is 3.43. The van der Waals surface area contributed by atoms with Gasteiger partial charge in [-0.1, -0.05) is 36.4 Å². The molecule has 0 aliphatic carbocycles. The van der Waals surface area contributed by atoms with Crippen LogP contribution in [0.4, 0.5) is 0 Å². The maximum Gasteiger partial charge on any atom is 0.253 e. The molecule has 2 saturated heterocycles. The van der Waals surface area contributed by atoms with E-state index in [1.807, 2.05) is 53.4 Å². The lowest BCUT2D eigenvalue weighted by atomic mass is 9.90. The van der Waals surface area contributed by atoms with Crippen molar-refractivity contribution >= 4 is 5.91 Å². The third-order valence-corrected chi connectivity index (χ3v) is 5.36. The molecular formula is C21H24N2O3. The van der Waals surface area contributed by atoms with Crippen LogP contribution in [0, 0.1) is 0 Å². The van der Waals surface area contributed by atoms with E-state index in [1.54, 1.807) is 0 Å². The number of carbonyl (C=O) groups is 1. The van der Waals surface area contributed by atoms with E-state index < -0.39 is 5.60 Å². The van der Waals surface area contributed by atoms with Crippen molar-refractivity contribution in [3.63, 3.8) is 0 Å². The lowest BCUT2D eigenvalue weighted by Crippen LogP contribution is -2.47. The average molecular weight is 352 g/mol. The third-order valence-electron chi connectivity index (χ3n) is 5.36. The molecule has 0 radical (unpaired) electrons. The van der Waals surface area contributed by atoms with Gasteiger partial charge < -0.3 is 19.6 Å². The molecule has 5 heteroatoms. The number of benzene rings is 2. The highest BCUT2D eigenvalue weighted by Crippen LogP contribution is 2.31. The fraction of sp³-hybridized carbons (Fsp3) is 0.381. The van der Waals surface area contributed by atoms with E-state index in [1.165, 1.54) is 0 Å². The Balaban J connectivity index is 1.46. The number of aliphatic hydroxyl groups is 1. The van der Waals surface area contributed by atoms with Gasteiger partial charge in [0.05, 0.1) is 13.2 Å². The van der Waals surface area contributed by atoms with Gasteiger partial charge in [0.2, 0.25) is 0 Å². The van der Waals surface area contributed by atoms with Crippen molar-refractivity contribution in [2.24, 2.45) is 0 Å². The van der Waals surface area contributed by atoms with Gasteiger partial charge in [0, 0.05) is 31.7 Å². The first-order valence-electron chi connectivity index (χ1n) is 9.04. The van der Waals surface area contributed by atoms with Gasteiger partial charge in [-0.05, 0) is 35.9 Å². The van der Waals surface area contributed by atoms with Crippen molar-refractivity contribution in [3.8, 4) is 11.1 Å². The molecule has 2 aromatic rings. The summed E-state index contributed by atoms with van der Waals surface area (Å²) >= 11 is 0. The van der Waals surface area contributed by atoms with E-state index in [0.717, 1.165) is 48.4 Å². The number of piperazine rings is 1. The summed E-state index contributed by atoms with van der Waals surface area (Å²) in [5.74, 6) is 0.104. The van der Waals surface area contributed by atoms with E-state index >= 15 is 0 Å². The van der Waals surface area contributed by atoms with Crippen LogP contribution in [-0.4, -0.2) is 67.3 Å². The van der Waals surface area contributed by atoms with E-state index in [2.05, 4.69) is 11.9 Å². The molecule has 0 aromatic heterocycles. The van der Waals surface area contributed by atoms with Gasteiger partial charge in [-0.3, -0.25) is 4.79 Å².